The summed E-state index contributed by atoms with van der Waals surface area (Å²) < 4.78 is 38.9. The minimum Gasteiger partial charge on any atom is -0.480 e. The lowest BCUT2D eigenvalue weighted by Gasteiger charge is -2.06. The van der Waals surface area contributed by atoms with Gasteiger partial charge in [-0.25, -0.2) is 12.8 Å². The monoisotopic (exact) mass is 335 g/mol. The molecule has 3 N–H and O–H groups in total. The van der Waals surface area contributed by atoms with Crippen molar-refractivity contribution in [3.63, 3.8) is 0 Å². The topological polar surface area (TPSA) is 97.5 Å². The van der Waals surface area contributed by atoms with Gasteiger partial charge in [0.2, 0.25) is 0 Å². The number of halogens is 1. The molecule has 1 aliphatic rings. The lowest BCUT2D eigenvalue weighted by atomic mass is 10.1. The van der Waals surface area contributed by atoms with E-state index in [2.05, 4.69) is 0 Å². The highest BCUT2D eigenvalue weighted by Gasteiger charge is 2.74. The fourth-order valence-corrected chi connectivity index (χ4v) is 5.22. The summed E-state index contributed by atoms with van der Waals surface area (Å²) in [6, 6.07) is 12.7. The average Bonchev–Trinajstić information content (AvgIpc) is 3.17. The van der Waals surface area contributed by atoms with Gasteiger partial charge in [0.25, 0.3) is 0 Å². The van der Waals surface area contributed by atoms with Crippen molar-refractivity contribution >= 4 is 15.8 Å². The van der Waals surface area contributed by atoms with Crippen molar-refractivity contribution in [3.05, 3.63) is 66.0 Å². The molecule has 23 heavy (non-hydrogen) atoms. The molecular formula is C16H14FNO4S. The van der Waals surface area contributed by atoms with E-state index in [1.165, 1.54) is 30.3 Å². The Morgan fingerprint density at radius 3 is 2.35 bits per heavy atom. The predicted octanol–water partition coefficient (Wildman–Crippen LogP) is 1.55. The zero-order valence-corrected chi connectivity index (χ0v) is 12.7. The van der Waals surface area contributed by atoms with Crippen molar-refractivity contribution in [2.24, 2.45) is 5.73 Å². The van der Waals surface area contributed by atoms with Crippen molar-refractivity contribution in [2.45, 2.75) is 21.6 Å². The molecule has 0 bridgehead atoms. The second-order valence-corrected chi connectivity index (χ2v) is 7.62. The van der Waals surface area contributed by atoms with Gasteiger partial charge in [-0.2, -0.15) is 0 Å². The Labute approximate surface area is 132 Å². The van der Waals surface area contributed by atoms with Gasteiger partial charge in [-0.1, -0.05) is 30.3 Å². The molecular weight excluding hydrogens is 321 g/mol. The summed E-state index contributed by atoms with van der Waals surface area (Å²) in [7, 11) is -3.96. The normalized spacial score (nSPS) is 26.7. The maximum Gasteiger partial charge on any atom is 0.325 e. The van der Waals surface area contributed by atoms with Crippen LogP contribution in [0.1, 0.15) is 11.5 Å². The van der Waals surface area contributed by atoms with Crippen molar-refractivity contribution in [1.29, 1.82) is 0 Å². The highest BCUT2D eigenvalue weighted by molar-refractivity contribution is 7.92. The van der Waals surface area contributed by atoms with Gasteiger partial charge in [0.1, 0.15) is 16.6 Å². The summed E-state index contributed by atoms with van der Waals surface area (Å²) in [5.41, 5.74) is 4.18. The molecule has 1 saturated carbocycles. The number of hydrogen-bond donors (Lipinski definition) is 2. The van der Waals surface area contributed by atoms with Crippen LogP contribution in [0.2, 0.25) is 0 Å². The Morgan fingerprint density at radius 1 is 1.13 bits per heavy atom. The lowest BCUT2D eigenvalue weighted by Crippen LogP contribution is -2.39. The summed E-state index contributed by atoms with van der Waals surface area (Å²) >= 11 is 0. The molecule has 1 aliphatic carbocycles. The maximum atomic E-state index is 13.4. The van der Waals surface area contributed by atoms with E-state index < -0.39 is 38.3 Å². The van der Waals surface area contributed by atoms with E-state index in [4.69, 9.17) is 5.73 Å². The minimum absolute atomic E-state index is 0.0000203. The summed E-state index contributed by atoms with van der Waals surface area (Å²) in [4.78, 5) is 11.6. The SMILES string of the molecule is N[C@@]1(C(=O)O)[C@@H](c2cccc(F)c2)[C@@H]1S(=O)(=O)c1ccccc1. The highest BCUT2D eigenvalue weighted by atomic mass is 32.2. The smallest absolute Gasteiger partial charge is 0.325 e. The average molecular weight is 335 g/mol. The molecule has 3 atom stereocenters. The van der Waals surface area contributed by atoms with E-state index in [9.17, 15) is 22.7 Å². The third-order valence-corrected chi connectivity index (χ3v) is 6.42. The molecule has 0 amide bonds. The van der Waals surface area contributed by atoms with Crippen LogP contribution >= 0.6 is 0 Å². The first kappa shape index (κ1) is 15.6. The lowest BCUT2D eigenvalue weighted by molar-refractivity contribution is -0.139. The molecule has 2 aromatic rings. The van der Waals surface area contributed by atoms with Crippen LogP contribution in [-0.4, -0.2) is 30.3 Å². The minimum atomic E-state index is -3.96. The van der Waals surface area contributed by atoms with Crippen LogP contribution in [0.15, 0.2) is 59.5 Å². The van der Waals surface area contributed by atoms with Gasteiger partial charge in [0, 0.05) is 5.92 Å². The fraction of sp³-hybridized carbons (Fsp3) is 0.188. The van der Waals surface area contributed by atoms with Crippen molar-refractivity contribution in [3.8, 4) is 0 Å². The first-order chi connectivity index (χ1) is 10.8. The Balaban J connectivity index is 2.09. The van der Waals surface area contributed by atoms with Gasteiger partial charge in [0.15, 0.2) is 9.84 Å². The van der Waals surface area contributed by atoms with Crippen LogP contribution in [0, 0.1) is 5.82 Å². The standard InChI is InChI=1S/C16H14FNO4S/c17-11-6-4-5-10(9-11)13-14(16(13,18)15(19)20)23(21,22)12-7-2-1-3-8-12/h1-9,13-14H,18H2,(H,19,20)/t13-,14-,16-/m0/s1. The number of sulfone groups is 1. The molecule has 0 unspecified atom stereocenters. The number of hydrogen-bond acceptors (Lipinski definition) is 4. The fourth-order valence-electron chi connectivity index (χ4n) is 2.97. The molecule has 0 spiro atoms. The Bertz CT molecular complexity index is 869. The quantitative estimate of drug-likeness (QED) is 0.883. The molecule has 0 radical (unpaired) electrons. The number of carboxylic acids is 1. The van der Waals surface area contributed by atoms with Gasteiger partial charge in [-0.3, -0.25) is 4.79 Å². The zero-order valence-electron chi connectivity index (χ0n) is 11.9. The maximum absolute atomic E-state index is 13.4. The molecule has 0 aliphatic heterocycles. The molecule has 2 aromatic carbocycles. The van der Waals surface area contributed by atoms with Crippen LogP contribution in [0.25, 0.3) is 0 Å². The largest absolute Gasteiger partial charge is 0.480 e. The molecule has 5 nitrogen and oxygen atoms in total. The van der Waals surface area contributed by atoms with E-state index in [0.29, 0.717) is 0 Å². The highest BCUT2D eigenvalue weighted by Crippen LogP contribution is 2.55. The van der Waals surface area contributed by atoms with E-state index in [-0.39, 0.29) is 10.5 Å². The summed E-state index contributed by atoms with van der Waals surface area (Å²) in [5.74, 6) is -2.99. The number of aliphatic carboxylic acids is 1. The second-order valence-electron chi connectivity index (χ2n) is 5.55. The molecule has 120 valence electrons. The number of benzene rings is 2. The summed E-state index contributed by atoms with van der Waals surface area (Å²) in [6.45, 7) is 0. The van der Waals surface area contributed by atoms with Crippen molar-refractivity contribution in [1.82, 2.24) is 0 Å². The molecule has 1 fully saturated rings. The summed E-state index contributed by atoms with van der Waals surface area (Å²) in [6.07, 6.45) is 0. The van der Waals surface area contributed by atoms with Crippen LogP contribution in [-0.2, 0) is 14.6 Å². The van der Waals surface area contributed by atoms with Gasteiger partial charge < -0.3 is 10.8 Å². The zero-order chi connectivity index (χ0) is 16.8. The second kappa shape index (κ2) is 5.14. The Morgan fingerprint density at radius 2 is 1.78 bits per heavy atom. The third kappa shape index (κ3) is 2.32. The van der Waals surface area contributed by atoms with Gasteiger partial charge >= 0.3 is 5.97 Å². The van der Waals surface area contributed by atoms with Gasteiger partial charge in [-0.15, -0.1) is 0 Å². The van der Waals surface area contributed by atoms with Gasteiger partial charge in [-0.05, 0) is 29.8 Å². The van der Waals surface area contributed by atoms with E-state index in [1.54, 1.807) is 18.2 Å². The molecule has 0 heterocycles. The van der Waals surface area contributed by atoms with Crippen molar-refractivity contribution in [2.75, 3.05) is 0 Å². The molecule has 3 rings (SSSR count). The van der Waals surface area contributed by atoms with Gasteiger partial charge in [0.05, 0.1) is 4.90 Å². The Kier molecular flexibility index (Phi) is 3.50. The number of nitrogens with two attached hydrogens (primary N) is 1. The predicted molar refractivity (Wildman–Crippen MR) is 81.1 cm³/mol. The first-order valence-corrected chi connectivity index (χ1v) is 8.41. The molecule has 7 heteroatoms. The summed E-state index contributed by atoms with van der Waals surface area (Å²) in [5, 5.41) is 8.07. The van der Waals surface area contributed by atoms with Crippen molar-refractivity contribution < 1.29 is 22.7 Å². The van der Waals surface area contributed by atoms with E-state index in [1.807, 2.05) is 0 Å². The van der Waals surface area contributed by atoms with Crippen LogP contribution in [0.5, 0.6) is 0 Å². The number of rotatable bonds is 4. The third-order valence-electron chi connectivity index (χ3n) is 4.16. The van der Waals surface area contributed by atoms with E-state index in [0.717, 1.165) is 6.07 Å². The van der Waals surface area contributed by atoms with Crippen LogP contribution < -0.4 is 5.73 Å². The van der Waals surface area contributed by atoms with Crippen LogP contribution in [0.3, 0.4) is 0 Å². The number of carbonyl (C=O) groups is 1. The molecule has 0 saturated heterocycles. The first-order valence-electron chi connectivity index (χ1n) is 6.86. The van der Waals surface area contributed by atoms with E-state index >= 15 is 0 Å². The Hall–Kier alpha value is -2.25. The number of carboxylic acid groups (broad SMARTS) is 1. The molecule has 0 aromatic heterocycles. The van der Waals surface area contributed by atoms with Crippen LogP contribution in [0.4, 0.5) is 4.39 Å².